The van der Waals surface area contributed by atoms with Gasteiger partial charge in [-0.25, -0.2) is 19.3 Å². The lowest BCUT2D eigenvalue weighted by atomic mass is 10.4. The molecule has 3 heterocycles. The van der Waals surface area contributed by atoms with Crippen molar-refractivity contribution in [2.75, 3.05) is 6.26 Å². The summed E-state index contributed by atoms with van der Waals surface area (Å²) in [5, 5.41) is 5.13. The van der Waals surface area contributed by atoms with E-state index in [1.165, 1.54) is 11.8 Å². The number of aromatic nitrogens is 4. The van der Waals surface area contributed by atoms with Crippen molar-refractivity contribution >= 4 is 34.1 Å². The SMILES string of the molecule is C=CCn1c(=O)c2cnc(SC)nc2n1-c1ccsc1. The molecule has 0 fully saturated rings. The van der Waals surface area contributed by atoms with Gasteiger partial charge in [-0.3, -0.25) is 4.79 Å². The first-order chi connectivity index (χ1) is 9.76. The van der Waals surface area contributed by atoms with Crippen LogP contribution in [0, 0.1) is 0 Å². The summed E-state index contributed by atoms with van der Waals surface area (Å²) in [6.07, 6.45) is 5.21. The monoisotopic (exact) mass is 304 g/mol. The molecule has 0 atom stereocenters. The Labute approximate surface area is 123 Å². The minimum absolute atomic E-state index is 0.0984. The van der Waals surface area contributed by atoms with Gasteiger partial charge >= 0.3 is 0 Å². The average Bonchev–Trinajstić information content (AvgIpc) is 3.07. The smallest absolute Gasteiger partial charge is 0.267 e. The number of thioether (sulfide) groups is 1. The van der Waals surface area contributed by atoms with Crippen molar-refractivity contribution in [2.24, 2.45) is 0 Å². The van der Waals surface area contributed by atoms with Crippen LogP contribution in [0.5, 0.6) is 0 Å². The number of thiophene rings is 1. The maximum atomic E-state index is 12.4. The van der Waals surface area contributed by atoms with E-state index in [2.05, 4.69) is 16.5 Å². The molecule has 0 aliphatic heterocycles. The molecular weight excluding hydrogens is 292 g/mol. The van der Waals surface area contributed by atoms with Crippen LogP contribution in [-0.4, -0.2) is 25.6 Å². The molecule has 5 nitrogen and oxygen atoms in total. The second kappa shape index (κ2) is 5.26. The van der Waals surface area contributed by atoms with Gasteiger partial charge in [-0.2, -0.15) is 11.3 Å². The molecule has 0 amide bonds. The topological polar surface area (TPSA) is 52.7 Å². The Balaban J connectivity index is 2.41. The van der Waals surface area contributed by atoms with Gasteiger partial charge in [0.2, 0.25) is 0 Å². The zero-order valence-corrected chi connectivity index (χ0v) is 12.4. The number of hydrogen-bond donors (Lipinski definition) is 0. The summed E-state index contributed by atoms with van der Waals surface area (Å²) in [6.45, 7) is 4.14. The number of rotatable bonds is 4. The highest BCUT2D eigenvalue weighted by Crippen LogP contribution is 2.19. The zero-order valence-electron chi connectivity index (χ0n) is 10.8. The maximum absolute atomic E-state index is 12.4. The molecule has 3 aromatic heterocycles. The molecule has 20 heavy (non-hydrogen) atoms. The molecule has 0 aliphatic carbocycles. The highest BCUT2D eigenvalue weighted by Gasteiger charge is 2.16. The lowest BCUT2D eigenvalue weighted by molar-refractivity contribution is 0.606. The van der Waals surface area contributed by atoms with Crippen LogP contribution >= 0.6 is 23.1 Å². The van der Waals surface area contributed by atoms with Crippen molar-refractivity contribution in [3.63, 3.8) is 0 Å². The molecule has 3 rings (SSSR count). The number of allylic oxidation sites excluding steroid dienone is 1. The first kappa shape index (κ1) is 13.1. The standard InChI is InChI=1S/C13H12N4OS2/c1-3-5-16-12(18)10-7-14-13(19-2)15-11(10)17(16)9-4-6-20-8-9/h3-4,6-8H,1,5H2,2H3. The van der Waals surface area contributed by atoms with Crippen molar-refractivity contribution in [1.29, 1.82) is 0 Å². The van der Waals surface area contributed by atoms with Gasteiger partial charge in [0.25, 0.3) is 5.56 Å². The molecule has 102 valence electrons. The molecule has 3 aromatic rings. The Hall–Kier alpha value is -1.86. The van der Waals surface area contributed by atoms with Crippen molar-refractivity contribution in [3.05, 3.63) is 46.0 Å². The van der Waals surface area contributed by atoms with E-state index in [0.717, 1.165) is 5.69 Å². The van der Waals surface area contributed by atoms with E-state index in [9.17, 15) is 4.79 Å². The predicted octanol–water partition coefficient (Wildman–Crippen LogP) is 2.55. The number of nitrogens with zero attached hydrogens (tertiary/aromatic N) is 4. The van der Waals surface area contributed by atoms with Gasteiger partial charge in [-0.15, -0.1) is 6.58 Å². The fraction of sp³-hybridized carbons (Fsp3) is 0.154. The molecule has 0 radical (unpaired) electrons. The Morgan fingerprint density at radius 3 is 3.05 bits per heavy atom. The van der Waals surface area contributed by atoms with Gasteiger partial charge in [0.1, 0.15) is 5.39 Å². The fourth-order valence-electron chi connectivity index (χ4n) is 2.04. The van der Waals surface area contributed by atoms with Gasteiger partial charge in [0, 0.05) is 11.6 Å². The van der Waals surface area contributed by atoms with E-state index in [0.29, 0.717) is 22.7 Å². The van der Waals surface area contributed by atoms with E-state index < -0.39 is 0 Å². The third-order valence-electron chi connectivity index (χ3n) is 2.89. The molecule has 0 saturated heterocycles. The molecule has 0 N–H and O–H groups in total. The van der Waals surface area contributed by atoms with Gasteiger partial charge in [-0.1, -0.05) is 17.8 Å². The van der Waals surface area contributed by atoms with Gasteiger partial charge in [0.15, 0.2) is 10.8 Å². The van der Waals surface area contributed by atoms with Crippen molar-refractivity contribution in [1.82, 2.24) is 19.3 Å². The quantitative estimate of drug-likeness (QED) is 0.422. The molecular formula is C13H12N4OS2. The summed E-state index contributed by atoms with van der Waals surface area (Å²) >= 11 is 3.03. The second-order valence-corrected chi connectivity index (χ2v) is 5.62. The minimum Gasteiger partial charge on any atom is -0.267 e. The summed E-state index contributed by atoms with van der Waals surface area (Å²) in [5.41, 5.74) is 1.46. The molecule has 0 aliphatic rings. The fourth-order valence-corrected chi connectivity index (χ4v) is 2.99. The minimum atomic E-state index is -0.0984. The van der Waals surface area contributed by atoms with Crippen LogP contribution in [0.1, 0.15) is 0 Å². The lowest BCUT2D eigenvalue weighted by Gasteiger charge is -2.08. The highest BCUT2D eigenvalue weighted by molar-refractivity contribution is 7.98. The Morgan fingerprint density at radius 2 is 2.40 bits per heavy atom. The number of hydrogen-bond acceptors (Lipinski definition) is 5. The van der Waals surface area contributed by atoms with Crippen LogP contribution in [0.3, 0.4) is 0 Å². The number of fused-ring (bicyclic) bond motifs is 1. The Kier molecular flexibility index (Phi) is 3.45. The largest absolute Gasteiger partial charge is 0.278 e. The first-order valence-corrected chi connectivity index (χ1v) is 8.09. The second-order valence-electron chi connectivity index (χ2n) is 4.06. The van der Waals surface area contributed by atoms with Crippen LogP contribution in [-0.2, 0) is 6.54 Å². The summed E-state index contributed by atoms with van der Waals surface area (Å²) in [7, 11) is 0. The van der Waals surface area contributed by atoms with E-state index in [1.54, 1.807) is 28.3 Å². The molecule has 0 aromatic carbocycles. The van der Waals surface area contributed by atoms with Gasteiger partial charge < -0.3 is 0 Å². The molecule has 0 spiro atoms. The van der Waals surface area contributed by atoms with Crippen molar-refractivity contribution in [2.45, 2.75) is 11.7 Å². The Bertz CT molecular complexity index is 817. The Morgan fingerprint density at radius 1 is 1.55 bits per heavy atom. The molecule has 7 heteroatoms. The summed E-state index contributed by atoms with van der Waals surface area (Å²) in [4.78, 5) is 21.1. The van der Waals surface area contributed by atoms with Crippen LogP contribution in [0.15, 0.2) is 45.6 Å². The lowest BCUT2D eigenvalue weighted by Crippen LogP contribution is -2.21. The first-order valence-electron chi connectivity index (χ1n) is 5.92. The highest BCUT2D eigenvalue weighted by atomic mass is 32.2. The van der Waals surface area contributed by atoms with E-state index >= 15 is 0 Å². The summed E-state index contributed by atoms with van der Waals surface area (Å²) in [5.74, 6) is 0. The average molecular weight is 304 g/mol. The van der Waals surface area contributed by atoms with Crippen molar-refractivity contribution in [3.8, 4) is 5.69 Å². The molecule has 0 bridgehead atoms. The third-order valence-corrected chi connectivity index (χ3v) is 4.12. The van der Waals surface area contributed by atoms with E-state index in [-0.39, 0.29) is 5.56 Å². The predicted molar refractivity (Wildman–Crippen MR) is 83.0 cm³/mol. The van der Waals surface area contributed by atoms with Crippen LogP contribution in [0.2, 0.25) is 0 Å². The summed E-state index contributed by atoms with van der Waals surface area (Å²) < 4.78 is 3.45. The zero-order chi connectivity index (χ0) is 14.1. The molecule has 0 saturated carbocycles. The van der Waals surface area contributed by atoms with Crippen LogP contribution < -0.4 is 5.56 Å². The van der Waals surface area contributed by atoms with Gasteiger partial charge in [0.05, 0.1) is 12.2 Å². The van der Waals surface area contributed by atoms with Gasteiger partial charge in [-0.05, 0) is 17.7 Å². The van der Waals surface area contributed by atoms with E-state index in [4.69, 9.17) is 0 Å². The van der Waals surface area contributed by atoms with E-state index in [1.807, 2.05) is 27.8 Å². The maximum Gasteiger partial charge on any atom is 0.278 e. The van der Waals surface area contributed by atoms with Crippen LogP contribution in [0.4, 0.5) is 0 Å². The third kappa shape index (κ3) is 1.99. The molecule has 0 unspecified atom stereocenters. The van der Waals surface area contributed by atoms with Crippen LogP contribution in [0.25, 0.3) is 16.7 Å². The summed E-state index contributed by atoms with van der Waals surface area (Å²) in [6, 6.07) is 1.96. The normalized spacial score (nSPS) is 11.1. The van der Waals surface area contributed by atoms with Crippen molar-refractivity contribution < 1.29 is 0 Å².